The third-order valence-electron chi connectivity index (χ3n) is 3.22. The highest BCUT2D eigenvalue weighted by atomic mass is 79.9. The molecular weight excluding hydrogens is 354 g/mol. The summed E-state index contributed by atoms with van der Waals surface area (Å²) >= 11 is 9.23. The van der Waals surface area contributed by atoms with E-state index in [1.54, 1.807) is 12.1 Å². The first-order valence-corrected chi connectivity index (χ1v) is 8.70. The predicted molar refractivity (Wildman–Crippen MR) is 77.7 cm³/mol. The van der Waals surface area contributed by atoms with Crippen molar-refractivity contribution in [3.63, 3.8) is 0 Å². The standard InChI is InChI=1S/C12H15BrClNO3S/c13-10-2-1-3-11(12(10)14)19(17,18)15-8-4-6-9(16)7-5-8/h1-3,8-9,15-16H,4-7H2. The molecule has 0 spiro atoms. The molecule has 1 aromatic rings. The molecule has 1 fully saturated rings. The van der Waals surface area contributed by atoms with Gasteiger partial charge in [-0.05, 0) is 53.7 Å². The van der Waals surface area contributed by atoms with E-state index < -0.39 is 10.0 Å². The minimum absolute atomic E-state index is 0.0784. The molecule has 106 valence electrons. The summed E-state index contributed by atoms with van der Waals surface area (Å²) in [7, 11) is -3.62. The Morgan fingerprint density at radius 1 is 1.26 bits per heavy atom. The Morgan fingerprint density at radius 2 is 1.89 bits per heavy atom. The maximum Gasteiger partial charge on any atom is 0.242 e. The van der Waals surface area contributed by atoms with Gasteiger partial charge in [0.05, 0.1) is 11.1 Å². The number of halogens is 2. The number of hydrogen-bond acceptors (Lipinski definition) is 3. The van der Waals surface area contributed by atoms with Crippen LogP contribution in [0.3, 0.4) is 0 Å². The summed E-state index contributed by atoms with van der Waals surface area (Å²) in [6.45, 7) is 0. The van der Waals surface area contributed by atoms with Gasteiger partial charge in [-0.25, -0.2) is 13.1 Å². The van der Waals surface area contributed by atoms with Crippen LogP contribution in [0.2, 0.25) is 5.02 Å². The van der Waals surface area contributed by atoms with Crippen LogP contribution in [-0.2, 0) is 10.0 Å². The van der Waals surface area contributed by atoms with Crippen LogP contribution in [0.4, 0.5) is 0 Å². The number of hydrogen-bond donors (Lipinski definition) is 2. The van der Waals surface area contributed by atoms with Crippen LogP contribution in [0.15, 0.2) is 27.6 Å². The zero-order valence-corrected chi connectivity index (χ0v) is 13.3. The molecule has 1 aliphatic carbocycles. The third-order valence-corrected chi connectivity index (χ3v) is 6.20. The van der Waals surface area contributed by atoms with Gasteiger partial charge in [0.1, 0.15) is 4.90 Å². The zero-order valence-electron chi connectivity index (χ0n) is 10.1. The molecule has 0 saturated heterocycles. The van der Waals surface area contributed by atoms with Crippen LogP contribution in [0.1, 0.15) is 25.7 Å². The van der Waals surface area contributed by atoms with Gasteiger partial charge in [0, 0.05) is 10.5 Å². The first kappa shape index (κ1) is 15.3. The molecule has 1 aromatic carbocycles. The van der Waals surface area contributed by atoms with E-state index in [2.05, 4.69) is 20.7 Å². The van der Waals surface area contributed by atoms with Crippen LogP contribution >= 0.6 is 27.5 Å². The first-order valence-electron chi connectivity index (χ1n) is 6.04. The monoisotopic (exact) mass is 367 g/mol. The predicted octanol–water partition coefficient (Wildman–Crippen LogP) is 2.68. The molecule has 0 atom stereocenters. The van der Waals surface area contributed by atoms with Crippen LogP contribution in [0.5, 0.6) is 0 Å². The van der Waals surface area contributed by atoms with E-state index in [4.69, 9.17) is 11.6 Å². The van der Waals surface area contributed by atoms with Gasteiger partial charge >= 0.3 is 0 Å². The number of rotatable bonds is 3. The van der Waals surface area contributed by atoms with E-state index >= 15 is 0 Å². The van der Waals surface area contributed by atoms with E-state index in [1.165, 1.54) is 6.07 Å². The Labute approximate surface area is 126 Å². The number of aliphatic hydroxyl groups excluding tert-OH is 1. The lowest BCUT2D eigenvalue weighted by atomic mass is 9.94. The Balaban J connectivity index is 2.16. The lowest BCUT2D eigenvalue weighted by Gasteiger charge is -2.26. The Hall–Kier alpha value is -0.140. The van der Waals surface area contributed by atoms with Crippen LogP contribution in [-0.4, -0.2) is 25.7 Å². The lowest BCUT2D eigenvalue weighted by Crippen LogP contribution is -2.38. The van der Waals surface area contributed by atoms with Crippen molar-refractivity contribution in [3.8, 4) is 0 Å². The van der Waals surface area contributed by atoms with Gasteiger partial charge in [0.2, 0.25) is 10.0 Å². The average molecular weight is 369 g/mol. The molecule has 0 heterocycles. The van der Waals surface area contributed by atoms with Crippen molar-refractivity contribution in [1.82, 2.24) is 4.72 Å². The second kappa shape index (κ2) is 6.10. The molecule has 0 amide bonds. The Kier molecular flexibility index (Phi) is 4.89. The molecule has 7 heteroatoms. The van der Waals surface area contributed by atoms with E-state index in [0.29, 0.717) is 30.2 Å². The minimum atomic E-state index is -3.62. The van der Waals surface area contributed by atoms with Gasteiger partial charge in [-0.15, -0.1) is 0 Å². The average Bonchev–Trinajstić information content (AvgIpc) is 2.35. The number of aliphatic hydroxyl groups is 1. The number of nitrogens with one attached hydrogen (secondary N) is 1. The minimum Gasteiger partial charge on any atom is -0.393 e. The maximum atomic E-state index is 12.3. The highest BCUT2D eigenvalue weighted by Gasteiger charge is 2.26. The molecular formula is C12H15BrClNO3S. The molecule has 2 rings (SSSR count). The highest BCUT2D eigenvalue weighted by Crippen LogP contribution is 2.30. The summed E-state index contributed by atoms with van der Waals surface area (Å²) in [6.07, 6.45) is 2.23. The van der Waals surface area contributed by atoms with Gasteiger partial charge < -0.3 is 5.11 Å². The maximum absolute atomic E-state index is 12.3. The molecule has 0 bridgehead atoms. The molecule has 0 aromatic heterocycles. The van der Waals surface area contributed by atoms with E-state index in [1.807, 2.05) is 0 Å². The van der Waals surface area contributed by atoms with E-state index in [9.17, 15) is 13.5 Å². The van der Waals surface area contributed by atoms with Gasteiger partial charge in [-0.1, -0.05) is 17.7 Å². The topological polar surface area (TPSA) is 66.4 Å². The first-order chi connectivity index (χ1) is 8.90. The van der Waals surface area contributed by atoms with Crippen molar-refractivity contribution in [2.75, 3.05) is 0 Å². The largest absolute Gasteiger partial charge is 0.393 e. The van der Waals surface area contributed by atoms with Crippen molar-refractivity contribution in [2.45, 2.75) is 42.7 Å². The van der Waals surface area contributed by atoms with E-state index in [-0.39, 0.29) is 22.1 Å². The SMILES string of the molecule is O=S(=O)(NC1CCC(O)CC1)c1cccc(Br)c1Cl. The van der Waals surface area contributed by atoms with Crippen molar-refractivity contribution in [1.29, 1.82) is 0 Å². The van der Waals surface area contributed by atoms with Gasteiger partial charge in [0.25, 0.3) is 0 Å². The Bertz CT molecular complexity index is 556. The van der Waals surface area contributed by atoms with Gasteiger partial charge in [-0.2, -0.15) is 0 Å². The summed E-state index contributed by atoms with van der Waals surface area (Å²) < 4.78 is 27.8. The lowest BCUT2D eigenvalue weighted by molar-refractivity contribution is 0.120. The van der Waals surface area contributed by atoms with Crippen molar-refractivity contribution in [3.05, 3.63) is 27.7 Å². The molecule has 2 N–H and O–H groups in total. The quantitative estimate of drug-likeness (QED) is 0.862. The summed E-state index contributed by atoms with van der Waals surface area (Å²) in [6, 6.07) is 4.67. The molecule has 1 aliphatic rings. The molecule has 4 nitrogen and oxygen atoms in total. The fraction of sp³-hybridized carbons (Fsp3) is 0.500. The number of benzene rings is 1. The molecule has 0 radical (unpaired) electrons. The second-order valence-corrected chi connectivity index (χ2v) is 7.59. The van der Waals surface area contributed by atoms with Crippen molar-refractivity contribution >= 4 is 37.6 Å². The summed E-state index contributed by atoms with van der Waals surface area (Å²) in [5.41, 5.74) is 0. The van der Waals surface area contributed by atoms with Crippen LogP contribution in [0.25, 0.3) is 0 Å². The summed E-state index contributed by atoms with van der Waals surface area (Å²) in [5, 5.41) is 9.60. The zero-order chi connectivity index (χ0) is 14.0. The van der Waals surface area contributed by atoms with Gasteiger partial charge in [-0.3, -0.25) is 0 Å². The normalized spacial score (nSPS) is 24.4. The fourth-order valence-electron chi connectivity index (χ4n) is 2.17. The van der Waals surface area contributed by atoms with E-state index in [0.717, 1.165) is 0 Å². The van der Waals surface area contributed by atoms with Crippen molar-refractivity contribution < 1.29 is 13.5 Å². The molecule has 19 heavy (non-hydrogen) atoms. The fourth-order valence-corrected chi connectivity index (χ4v) is 4.50. The smallest absolute Gasteiger partial charge is 0.242 e. The molecule has 0 aliphatic heterocycles. The summed E-state index contributed by atoms with van der Waals surface area (Å²) in [4.78, 5) is 0.0784. The molecule has 1 saturated carbocycles. The second-order valence-electron chi connectivity index (χ2n) is 4.68. The van der Waals surface area contributed by atoms with Crippen molar-refractivity contribution in [2.24, 2.45) is 0 Å². The highest BCUT2D eigenvalue weighted by molar-refractivity contribution is 9.10. The number of sulfonamides is 1. The van der Waals surface area contributed by atoms with Crippen LogP contribution < -0.4 is 4.72 Å². The summed E-state index contributed by atoms with van der Waals surface area (Å²) in [5.74, 6) is 0. The van der Waals surface area contributed by atoms with Crippen LogP contribution in [0, 0.1) is 0 Å². The Morgan fingerprint density at radius 3 is 2.53 bits per heavy atom. The molecule has 0 unspecified atom stereocenters. The third kappa shape index (κ3) is 3.70. The van der Waals surface area contributed by atoms with Gasteiger partial charge in [0.15, 0.2) is 0 Å².